The third kappa shape index (κ3) is 9.62. The summed E-state index contributed by atoms with van der Waals surface area (Å²) in [5.41, 5.74) is 7.61. The third-order valence-electron chi connectivity index (χ3n) is 2.55. The molecule has 0 aliphatic heterocycles. The van der Waals surface area contributed by atoms with E-state index >= 15 is 0 Å². The molecule has 0 aliphatic rings. The highest BCUT2D eigenvalue weighted by Gasteiger charge is 2.18. The molecule has 0 saturated heterocycles. The summed E-state index contributed by atoms with van der Waals surface area (Å²) in [5.74, 6) is -0.864. The van der Waals surface area contributed by atoms with Crippen LogP contribution in [0.1, 0.15) is 34.6 Å². The molecule has 3 N–H and O–H groups in total. The molecule has 0 aromatic heterocycles. The Labute approximate surface area is 126 Å². The topological polar surface area (TPSA) is 81.4 Å². The van der Waals surface area contributed by atoms with Gasteiger partial charge in [-0.1, -0.05) is 29.4 Å². The second-order valence-corrected chi connectivity index (χ2v) is 5.20. The minimum atomic E-state index is -0.710. The Balaban J connectivity index is 4.21. The lowest BCUT2D eigenvalue weighted by molar-refractivity contribution is -0.146. The van der Waals surface area contributed by atoms with E-state index in [-0.39, 0.29) is 12.5 Å². The van der Waals surface area contributed by atoms with E-state index in [4.69, 9.17) is 10.5 Å². The zero-order chi connectivity index (χ0) is 16.4. The predicted molar refractivity (Wildman–Crippen MR) is 84.5 cm³/mol. The maximum Gasteiger partial charge on any atom is 0.328 e. The van der Waals surface area contributed by atoms with Crippen molar-refractivity contribution in [3.05, 3.63) is 35.5 Å². The molecule has 1 amide bonds. The number of rotatable bonds is 7. The Kier molecular flexibility index (Phi) is 9.05. The van der Waals surface area contributed by atoms with Crippen molar-refractivity contribution in [1.29, 1.82) is 0 Å². The number of hydrogen-bond donors (Lipinski definition) is 2. The SMILES string of the molecule is CC(C)=CC=CC(C)=CCOC(=O)[C@H](C)NC(=O)[C@H](C)N. The largest absolute Gasteiger partial charge is 0.460 e. The Morgan fingerprint density at radius 2 is 1.86 bits per heavy atom. The number of nitrogens with two attached hydrogens (primary N) is 1. The van der Waals surface area contributed by atoms with E-state index < -0.39 is 18.1 Å². The van der Waals surface area contributed by atoms with Crippen LogP contribution in [0.5, 0.6) is 0 Å². The van der Waals surface area contributed by atoms with E-state index in [1.165, 1.54) is 5.57 Å². The summed E-state index contributed by atoms with van der Waals surface area (Å²) in [6, 6.07) is -1.36. The van der Waals surface area contributed by atoms with Gasteiger partial charge in [0.05, 0.1) is 6.04 Å². The average Bonchev–Trinajstić information content (AvgIpc) is 2.37. The first kappa shape index (κ1) is 19.1. The van der Waals surface area contributed by atoms with Crippen molar-refractivity contribution in [2.75, 3.05) is 6.61 Å². The highest BCUT2D eigenvalue weighted by Crippen LogP contribution is 1.98. The molecule has 2 atom stereocenters. The van der Waals surface area contributed by atoms with Gasteiger partial charge in [-0.3, -0.25) is 4.79 Å². The molecule has 5 nitrogen and oxygen atoms in total. The lowest BCUT2D eigenvalue weighted by Gasteiger charge is -2.14. The van der Waals surface area contributed by atoms with Gasteiger partial charge in [-0.25, -0.2) is 4.79 Å². The van der Waals surface area contributed by atoms with E-state index in [1.807, 2.05) is 39.0 Å². The summed E-state index contributed by atoms with van der Waals surface area (Å²) in [6.45, 7) is 9.24. The summed E-state index contributed by atoms with van der Waals surface area (Å²) < 4.78 is 5.06. The van der Waals surface area contributed by atoms with E-state index in [0.717, 1.165) is 5.57 Å². The highest BCUT2D eigenvalue weighted by atomic mass is 16.5. The van der Waals surface area contributed by atoms with Crippen LogP contribution in [0.4, 0.5) is 0 Å². The van der Waals surface area contributed by atoms with E-state index in [1.54, 1.807) is 19.9 Å². The normalized spacial score (nSPS) is 14.5. The van der Waals surface area contributed by atoms with Crippen LogP contribution in [0.3, 0.4) is 0 Å². The molecule has 0 heterocycles. The molecule has 0 aromatic carbocycles. The van der Waals surface area contributed by atoms with Crippen LogP contribution in [0, 0.1) is 0 Å². The van der Waals surface area contributed by atoms with Gasteiger partial charge in [0.25, 0.3) is 0 Å². The van der Waals surface area contributed by atoms with E-state index in [0.29, 0.717) is 0 Å². The predicted octanol–water partition coefficient (Wildman–Crippen LogP) is 1.85. The molecule has 0 radical (unpaired) electrons. The van der Waals surface area contributed by atoms with Crippen LogP contribution in [0.25, 0.3) is 0 Å². The molecule has 0 spiro atoms. The van der Waals surface area contributed by atoms with Crippen LogP contribution in [-0.4, -0.2) is 30.6 Å². The molecule has 0 rings (SSSR count). The Morgan fingerprint density at radius 1 is 1.24 bits per heavy atom. The van der Waals surface area contributed by atoms with Gasteiger partial charge < -0.3 is 15.8 Å². The summed E-state index contributed by atoms with van der Waals surface area (Å²) in [5, 5.41) is 2.48. The summed E-state index contributed by atoms with van der Waals surface area (Å²) >= 11 is 0. The lowest BCUT2D eigenvalue weighted by Crippen LogP contribution is -2.46. The zero-order valence-corrected chi connectivity index (χ0v) is 13.5. The van der Waals surface area contributed by atoms with E-state index in [2.05, 4.69) is 5.32 Å². The van der Waals surface area contributed by atoms with Gasteiger partial charge in [-0.15, -0.1) is 0 Å². The van der Waals surface area contributed by atoms with Crippen LogP contribution < -0.4 is 11.1 Å². The standard InChI is InChI=1S/C16H26N2O3/c1-11(2)7-6-8-12(3)9-10-21-16(20)14(5)18-15(19)13(4)17/h6-9,13-14H,10,17H2,1-5H3,(H,18,19)/t13-,14-/m0/s1. The first-order chi connectivity index (χ1) is 9.73. The molecule has 0 bridgehead atoms. The first-order valence-electron chi connectivity index (χ1n) is 6.95. The third-order valence-corrected chi connectivity index (χ3v) is 2.55. The van der Waals surface area contributed by atoms with Crippen LogP contribution >= 0.6 is 0 Å². The monoisotopic (exact) mass is 294 g/mol. The number of hydrogen-bond acceptors (Lipinski definition) is 4. The number of esters is 1. The number of ether oxygens (including phenoxy) is 1. The van der Waals surface area contributed by atoms with Crippen molar-refractivity contribution in [2.45, 2.75) is 46.7 Å². The van der Waals surface area contributed by atoms with Crippen LogP contribution in [0.2, 0.25) is 0 Å². The average molecular weight is 294 g/mol. The molecule has 0 fully saturated rings. The first-order valence-corrected chi connectivity index (χ1v) is 6.95. The van der Waals surface area contributed by atoms with Gasteiger partial charge in [0.1, 0.15) is 12.6 Å². The van der Waals surface area contributed by atoms with E-state index in [9.17, 15) is 9.59 Å². The fourth-order valence-corrected chi connectivity index (χ4v) is 1.24. The molecule has 118 valence electrons. The van der Waals surface area contributed by atoms with Crippen molar-refractivity contribution in [3.63, 3.8) is 0 Å². The number of nitrogens with one attached hydrogen (secondary N) is 1. The maximum absolute atomic E-state index is 11.7. The number of carbonyl (C=O) groups excluding carboxylic acids is 2. The number of carbonyl (C=O) groups is 2. The van der Waals surface area contributed by atoms with Gasteiger partial charge >= 0.3 is 5.97 Å². The summed E-state index contributed by atoms with van der Waals surface area (Å²) in [6.07, 6.45) is 7.67. The fourth-order valence-electron chi connectivity index (χ4n) is 1.24. The van der Waals surface area contributed by atoms with Crippen LogP contribution in [0.15, 0.2) is 35.5 Å². The number of allylic oxidation sites excluding steroid dienone is 5. The summed E-state index contributed by atoms with van der Waals surface area (Å²) in [7, 11) is 0. The minimum Gasteiger partial charge on any atom is -0.460 e. The maximum atomic E-state index is 11.7. The van der Waals surface area contributed by atoms with Crippen molar-refractivity contribution >= 4 is 11.9 Å². The van der Waals surface area contributed by atoms with Gasteiger partial charge in [-0.05, 0) is 40.7 Å². The molecule has 0 aliphatic carbocycles. The smallest absolute Gasteiger partial charge is 0.328 e. The summed E-state index contributed by atoms with van der Waals surface area (Å²) in [4.78, 5) is 23.0. The molecule has 0 saturated carbocycles. The molecular weight excluding hydrogens is 268 g/mol. The second-order valence-electron chi connectivity index (χ2n) is 5.20. The molecule has 5 heteroatoms. The van der Waals surface area contributed by atoms with Crippen molar-refractivity contribution < 1.29 is 14.3 Å². The Hall–Kier alpha value is -1.88. The lowest BCUT2D eigenvalue weighted by atomic mass is 10.2. The molecule has 0 aromatic rings. The quantitative estimate of drug-likeness (QED) is 0.554. The van der Waals surface area contributed by atoms with Crippen LogP contribution in [-0.2, 0) is 14.3 Å². The van der Waals surface area contributed by atoms with Gasteiger partial charge in [0.15, 0.2) is 0 Å². The van der Waals surface area contributed by atoms with Gasteiger partial charge in [0.2, 0.25) is 5.91 Å². The van der Waals surface area contributed by atoms with Crippen molar-refractivity contribution in [1.82, 2.24) is 5.32 Å². The van der Waals surface area contributed by atoms with Crippen molar-refractivity contribution in [3.8, 4) is 0 Å². The van der Waals surface area contributed by atoms with Crippen molar-refractivity contribution in [2.24, 2.45) is 5.73 Å². The fraction of sp³-hybridized carbons (Fsp3) is 0.500. The Bertz CT molecular complexity index is 444. The zero-order valence-electron chi connectivity index (χ0n) is 13.5. The second kappa shape index (κ2) is 9.94. The van der Waals surface area contributed by atoms with Gasteiger partial charge in [-0.2, -0.15) is 0 Å². The highest BCUT2D eigenvalue weighted by molar-refractivity contribution is 5.86. The molecular formula is C16H26N2O3. The molecule has 0 unspecified atom stereocenters. The Morgan fingerprint density at radius 3 is 2.38 bits per heavy atom. The minimum absolute atomic E-state index is 0.169. The molecule has 21 heavy (non-hydrogen) atoms. The van der Waals surface area contributed by atoms with Gasteiger partial charge in [0, 0.05) is 0 Å². The number of amides is 1.